The standard InChI is InChI=1S/C12H13ClN2S/c1-8-5-11(16-9(8)2)7-15-12-4-3-10(13)6-14-12/h3-6H,7H2,1-2H3,(H,14,15). The van der Waals surface area contributed by atoms with Crippen molar-refractivity contribution in [1.29, 1.82) is 0 Å². The second kappa shape index (κ2) is 4.85. The largest absolute Gasteiger partial charge is 0.365 e. The van der Waals surface area contributed by atoms with Crippen molar-refractivity contribution in [3.63, 3.8) is 0 Å². The minimum absolute atomic E-state index is 0.661. The van der Waals surface area contributed by atoms with Gasteiger partial charge in [-0.2, -0.15) is 0 Å². The molecular formula is C12H13ClN2S. The first kappa shape index (κ1) is 11.4. The number of hydrogen-bond acceptors (Lipinski definition) is 3. The summed E-state index contributed by atoms with van der Waals surface area (Å²) in [6.07, 6.45) is 1.65. The van der Waals surface area contributed by atoms with E-state index >= 15 is 0 Å². The zero-order valence-corrected chi connectivity index (χ0v) is 10.8. The molecule has 16 heavy (non-hydrogen) atoms. The van der Waals surface area contributed by atoms with Gasteiger partial charge in [-0.1, -0.05) is 11.6 Å². The van der Waals surface area contributed by atoms with Crippen LogP contribution in [0.3, 0.4) is 0 Å². The van der Waals surface area contributed by atoms with E-state index in [0.717, 1.165) is 12.4 Å². The number of thiophene rings is 1. The average Bonchev–Trinajstić information content (AvgIpc) is 2.58. The summed E-state index contributed by atoms with van der Waals surface area (Å²) in [5, 5.41) is 3.93. The fourth-order valence-electron chi connectivity index (χ4n) is 1.39. The topological polar surface area (TPSA) is 24.9 Å². The van der Waals surface area contributed by atoms with Crippen LogP contribution in [-0.2, 0) is 6.54 Å². The summed E-state index contributed by atoms with van der Waals surface area (Å²) < 4.78 is 0. The SMILES string of the molecule is Cc1cc(CNc2ccc(Cl)cn2)sc1C. The van der Waals surface area contributed by atoms with Crippen molar-refractivity contribution < 1.29 is 0 Å². The zero-order valence-electron chi connectivity index (χ0n) is 9.25. The molecule has 0 spiro atoms. The van der Waals surface area contributed by atoms with E-state index in [-0.39, 0.29) is 0 Å². The van der Waals surface area contributed by atoms with Gasteiger partial charge in [-0.3, -0.25) is 0 Å². The van der Waals surface area contributed by atoms with Gasteiger partial charge in [-0.05, 0) is 37.6 Å². The Balaban J connectivity index is 1.99. The minimum atomic E-state index is 0.661. The molecule has 0 amide bonds. The maximum absolute atomic E-state index is 5.76. The molecule has 2 rings (SSSR count). The van der Waals surface area contributed by atoms with Gasteiger partial charge in [0.15, 0.2) is 0 Å². The van der Waals surface area contributed by atoms with Crippen molar-refractivity contribution in [2.24, 2.45) is 0 Å². The van der Waals surface area contributed by atoms with Gasteiger partial charge in [-0.25, -0.2) is 4.98 Å². The summed E-state index contributed by atoms with van der Waals surface area (Å²) in [5.74, 6) is 0.855. The first-order valence-corrected chi connectivity index (χ1v) is 6.26. The van der Waals surface area contributed by atoms with Gasteiger partial charge in [0, 0.05) is 16.0 Å². The van der Waals surface area contributed by atoms with Crippen LogP contribution >= 0.6 is 22.9 Å². The van der Waals surface area contributed by atoms with Crippen LogP contribution in [0.4, 0.5) is 5.82 Å². The van der Waals surface area contributed by atoms with Crippen molar-refractivity contribution in [2.45, 2.75) is 20.4 Å². The van der Waals surface area contributed by atoms with E-state index in [1.807, 2.05) is 23.5 Å². The highest BCUT2D eigenvalue weighted by Crippen LogP contribution is 2.21. The maximum Gasteiger partial charge on any atom is 0.126 e. The summed E-state index contributed by atoms with van der Waals surface area (Å²) in [5.41, 5.74) is 1.35. The van der Waals surface area contributed by atoms with Crippen LogP contribution in [0.2, 0.25) is 5.02 Å². The smallest absolute Gasteiger partial charge is 0.126 e. The molecule has 0 atom stereocenters. The fraction of sp³-hybridized carbons (Fsp3) is 0.250. The molecule has 0 aliphatic heterocycles. The molecule has 2 nitrogen and oxygen atoms in total. The molecule has 0 aliphatic carbocycles. The van der Waals surface area contributed by atoms with Gasteiger partial charge in [-0.15, -0.1) is 11.3 Å². The molecule has 2 aromatic heterocycles. The number of anilines is 1. The van der Waals surface area contributed by atoms with Crippen LogP contribution in [0, 0.1) is 13.8 Å². The molecule has 84 valence electrons. The zero-order chi connectivity index (χ0) is 11.5. The second-order valence-corrected chi connectivity index (χ2v) is 5.44. The van der Waals surface area contributed by atoms with Gasteiger partial charge in [0.25, 0.3) is 0 Å². The average molecular weight is 253 g/mol. The molecule has 2 heterocycles. The van der Waals surface area contributed by atoms with E-state index in [1.54, 1.807) is 6.20 Å². The van der Waals surface area contributed by atoms with Crippen LogP contribution in [0.5, 0.6) is 0 Å². The molecule has 0 saturated carbocycles. The molecule has 0 aliphatic rings. The minimum Gasteiger partial charge on any atom is -0.365 e. The highest BCUT2D eigenvalue weighted by Gasteiger charge is 2.01. The first-order chi connectivity index (χ1) is 7.65. The Labute approximate surface area is 104 Å². The Bertz CT molecular complexity index is 457. The van der Waals surface area contributed by atoms with E-state index in [1.165, 1.54) is 15.3 Å². The predicted molar refractivity (Wildman–Crippen MR) is 70.4 cm³/mol. The summed E-state index contributed by atoms with van der Waals surface area (Å²) in [7, 11) is 0. The lowest BCUT2D eigenvalue weighted by Gasteiger charge is -2.02. The molecular weight excluding hydrogens is 240 g/mol. The van der Waals surface area contributed by atoms with Crippen molar-refractivity contribution in [3.8, 4) is 0 Å². The molecule has 0 aromatic carbocycles. The first-order valence-electron chi connectivity index (χ1n) is 5.06. The molecule has 1 N–H and O–H groups in total. The third kappa shape index (κ3) is 2.74. The van der Waals surface area contributed by atoms with Crippen molar-refractivity contribution in [1.82, 2.24) is 4.98 Å². The number of nitrogens with zero attached hydrogens (tertiary/aromatic N) is 1. The molecule has 0 radical (unpaired) electrons. The molecule has 0 bridgehead atoms. The Morgan fingerprint density at radius 3 is 2.75 bits per heavy atom. The van der Waals surface area contributed by atoms with E-state index in [0.29, 0.717) is 5.02 Å². The number of nitrogens with one attached hydrogen (secondary N) is 1. The molecule has 4 heteroatoms. The van der Waals surface area contributed by atoms with Gasteiger partial charge >= 0.3 is 0 Å². The number of hydrogen-bond donors (Lipinski definition) is 1. The van der Waals surface area contributed by atoms with Crippen LogP contribution in [0.25, 0.3) is 0 Å². The van der Waals surface area contributed by atoms with Crippen LogP contribution in [0.1, 0.15) is 15.3 Å². The van der Waals surface area contributed by atoms with Crippen LogP contribution in [0.15, 0.2) is 24.4 Å². The third-order valence-corrected chi connectivity index (χ3v) is 3.76. The number of aromatic nitrogens is 1. The van der Waals surface area contributed by atoms with Crippen molar-refractivity contribution in [2.75, 3.05) is 5.32 Å². The Kier molecular flexibility index (Phi) is 3.46. The summed E-state index contributed by atoms with van der Waals surface area (Å²) in [6.45, 7) is 5.09. The van der Waals surface area contributed by atoms with E-state index in [4.69, 9.17) is 11.6 Å². The predicted octanol–water partition coefficient (Wildman–Crippen LogP) is 4.03. The Hall–Kier alpha value is -1.06. The van der Waals surface area contributed by atoms with E-state index < -0.39 is 0 Å². The highest BCUT2D eigenvalue weighted by molar-refractivity contribution is 7.12. The van der Waals surface area contributed by atoms with Crippen LogP contribution < -0.4 is 5.32 Å². The van der Waals surface area contributed by atoms with E-state index in [2.05, 4.69) is 30.2 Å². The molecule has 0 saturated heterocycles. The Morgan fingerprint density at radius 2 is 2.19 bits per heavy atom. The number of pyridine rings is 1. The lowest BCUT2D eigenvalue weighted by molar-refractivity contribution is 1.14. The molecule has 0 unspecified atom stereocenters. The lowest BCUT2D eigenvalue weighted by Crippen LogP contribution is -1.98. The van der Waals surface area contributed by atoms with Gasteiger partial charge in [0.2, 0.25) is 0 Å². The van der Waals surface area contributed by atoms with Crippen molar-refractivity contribution in [3.05, 3.63) is 44.7 Å². The quantitative estimate of drug-likeness (QED) is 0.892. The maximum atomic E-state index is 5.76. The summed E-state index contributed by atoms with van der Waals surface area (Å²) in [4.78, 5) is 6.89. The Morgan fingerprint density at radius 1 is 1.38 bits per heavy atom. The fourth-order valence-corrected chi connectivity index (χ4v) is 2.50. The monoisotopic (exact) mass is 252 g/mol. The highest BCUT2D eigenvalue weighted by atomic mass is 35.5. The molecule has 2 aromatic rings. The van der Waals surface area contributed by atoms with Gasteiger partial charge in [0.05, 0.1) is 11.6 Å². The third-order valence-electron chi connectivity index (χ3n) is 2.39. The molecule has 0 fully saturated rings. The summed E-state index contributed by atoms with van der Waals surface area (Å²) >= 11 is 7.59. The normalized spacial score (nSPS) is 10.4. The second-order valence-electron chi connectivity index (χ2n) is 3.67. The van der Waals surface area contributed by atoms with Crippen molar-refractivity contribution >= 4 is 28.8 Å². The summed E-state index contributed by atoms with van der Waals surface area (Å²) in [6, 6.07) is 5.93. The number of aryl methyl sites for hydroxylation is 2. The van der Waals surface area contributed by atoms with Gasteiger partial charge in [0.1, 0.15) is 5.82 Å². The van der Waals surface area contributed by atoms with Gasteiger partial charge < -0.3 is 5.32 Å². The number of rotatable bonds is 3. The number of halogens is 1. The van der Waals surface area contributed by atoms with Crippen LogP contribution in [-0.4, -0.2) is 4.98 Å². The van der Waals surface area contributed by atoms with E-state index in [9.17, 15) is 0 Å². The lowest BCUT2D eigenvalue weighted by atomic mass is 10.3.